The quantitative estimate of drug-likeness (QED) is 0.788. The summed E-state index contributed by atoms with van der Waals surface area (Å²) >= 11 is 0. The van der Waals surface area contributed by atoms with E-state index in [4.69, 9.17) is 0 Å². The molecule has 1 aliphatic heterocycles. The highest BCUT2D eigenvalue weighted by atomic mass is 32.1. The molecule has 0 aliphatic carbocycles. The molecule has 0 N–H and O–H groups in total. The number of benzene rings is 1. The van der Waals surface area contributed by atoms with Gasteiger partial charge in [0.2, 0.25) is 5.91 Å². The summed E-state index contributed by atoms with van der Waals surface area (Å²) in [5.41, 5.74) is 0.881. The average Bonchev–Trinajstić information content (AvgIpc) is 2.75. The maximum Gasteiger partial charge on any atom is 0.237 e. The molecule has 1 amide bonds. The number of ketones is 1. The molecule has 5 heteroatoms. The van der Waals surface area contributed by atoms with Crippen molar-refractivity contribution in [2.24, 2.45) is 5.92 Å². The highest BCUT2D eigenvalue weighted by molar-refractivity contribution is 7.59. The second-order valence-electron chi connectivity index (χ2n) is 3.78. The van der Waals surface area contributed by atoms with E-state index < -0.39 is 5.92 Å². The number of hydrogen-bond acceptors (Lipinski definition) is 2. The van der Waals surface area contributed by atoms with Crippen molar-refractivity contribution in [1.29, 1.82) is 0 Å². The maximum atomic E-state index is 11.9. The van der Waals surface area contributed by atoms with Gasteiger partial charge in [-0.05, 0) is 25.5 Å². The molecule has 1 aromatic rings. The van der Waals surface area contributed by atoms with Crippen LogP contribution in [0.25, 0.3) is 0 Å². The van der Waals surface area contributed by atoms with Gasteiger partial charge in [0.1, 0.15) is 5.78 Å². The van der Waals surface area contributed by atoms with Gasteiger partial charge in [-0.15, -0.1) is 0 Å². The van der Waals surface area contributed by atoms with Crippen LogP contribution in [0.15, 0.2) is 30.3 Å². The van der Waals surface area contributed by atoms with Crippen molar-refractivity contribution in [3.63, 3.8) is 0 Å². The Hall–Kier alpha value is -0.940. The van der Waals surface area contributed by atoms with Crippen LogP contribution in [0.2, 0.25) is 0 Å². The van der Waals surface area contributed by atoms with Crippen LogP contribution in [0.1, 0.15) is 27.2 Å². The fourth-order valence-corrected chi connectivity index (χ4v) is 1.92. The van der Waals surface area contributed by atoms with Gasteiger partial charge in [-0.25, -0.2) is 0 Å². The Bertz CT molecular complexity index is 396. The summed E-state index contributed by atoms with van der Waals surface area (Å²) in [5.74, 6) is -0.516. The number of anilines is 1. The Labute approximate surface area is 129 Å². The van der Waals surface area contributed by atoms with Crippen molar-refractivity contribution < 1.29 is 9.59 Å². The molecule has 1 aromatic carbocycles. The predicted molar refractivity (Wildman–Crippen MR) is 89.7 cm³/mol. The molecule has 2 rings (SSSR count). The third kappa shape index (κ3) is 4.91. The van der Waals surface area contributed by atoms with Gasteiger partial charge >= 0.3 is 0 Å². The smallest absolute Gasteiger partial charge is 0.237 e. The number of carbonyl (C=O) groups excluding carboxylic acids is 2. The minimum atomic E-state index is -0.426. The zero-order valence-corrected chi connectivity index (χ0v) is 13.6. The molecule has 0 radical (unpaired) electrons. The van der Waals surface area contributed by atoms with Gasteiger partial charge < -0.3 is 4.90 Å². The lowest BCUT2D eigenvalue weighted by molar-refractivity contribution is -0.129. The first-order valence-electron chi connectivity index (χ1n) is 6.07. The molecule has 1 saturated heterocycles. The van der Waals surface area contributed by atoms with E-state index in [-0.39, 0.29) is 38.7 Å². The van der Waals surface area contributed by atoms with Gasteiger partial charge in [-0.3, -0.25) is 9.59 Å². The molecule has 0 spiro atoms. The summed E-state index contributed by atoms with van der Waals surface area (Å²) in [6, 6.07) is 9.47. The lowest BCUT2D eigenvalue weighted by atomic mass is 10.0. The van der Waals surface area contributed by atoms with E-state index in [1.807, 2.05) is 44.2 Å². The minimum Gasteiger partial charge on any atom is -0.312 e. The van der Waals surface area contributed by atoms with Crippen molar-refractivity contribution in [2.75, 3.05) is 11.4 Å². The predicted octanol–water partition coefficient (Wildman–Crippen LogP) is 2.88. The first kappa shape index (κ1) is 20.4. The topological polar surface area (TPSA) is 37.4 Å². The minimum absolute atomic E-state index is 0. The first-order valence-corrected chi connectivity index (χ1v) is 6.07. The molecule has 19 heavy (non-hydrogen) atoms. The molecule has 1 unspecified atom stereocenters. The fraction of sp³-hybridized carbons (Fsp3) is 0.429. The van der Waals surface area contributed by atoms with Crippen LogP contribution >= 0.6 is 27.0 Å². The number of rotatable bonds is 2. The van der Waals surface area contributed by atoms with Crippen LogP contribution in [0.5, 0.6) is 0 Å². The second-order valence-corrected chi connectivity index (χ2v) is 3.78. The van der Waals surface area contributed by atoms with Crippen LogP contribution in [0.4, 0.5) is 5.69 Å². The molecule has 1 heterocycles. The van der Waals surface area contributed by atoms with Crippen LogP contribution in [-0.4, -0.2) is 18.2 Å². The third-order valence-corrected chi connectivity index (χ3v) is 2.76. The molecule has 108 valence electrons. The van der Waals surface area contributed by atoms with Gasteiger partial charge in [-0.2, -0.15) is 27.0 Å². The number of carbonyl (C=O) groups is 2. The number of para-hydroxylation sites is 1. The third-order valence-electron chi connectivity index (χ3n) is 2.76. The summed E-state index contributed by atoms with van der Waals surface area (Å²) in [4.78, 5) is 24.7. The zero-order chi connectivity index (χ0) is 12.8. The Balaban J connectivity index is 0. The Morgan fingerprint density at radius 3 is 2.11 bits per heavy atom. The molecule has 1 fully saturated rings. The lowest BCUT2D eigenvalue weighted by Crippen LogP contribution is -2.29. The van der Waals surface area contributed by atoms with Crippen LogP contribution < -0.4 is 4.90 Å². The zero-order valence-electron chi connectivity index (χ0n) is 11.6. The number of nitrogens with zero attached hydrogens (tertiary/aromatic N) is 1. The van der Waals surface area contributed by atoms with E-state index in [9.17, 15) is 9.59 Å². The first-order chi connectivity index (χ1) is 8.20. The molecular formula is C14H23NO2S2. The van der Waals surface area contributed by atoms with Gasteiger partial charge in [-0.1, -0.05) is 32.0 Å². The monoisotopic (exact) mass is 301 g/mol. The maximum absolute atomic E-state index is 11.9. The fourth-order valence-electron chi connectivity index (χ4n) is 1.92. The number of hydrogen-bond donors (Lipinski definition) is 0. The Kier molecular flexibility index (Phi) is 10.6. The van der Waals surface area contributed by atoms with E-state index in [0.29, 0.717) is 13.0 Å². The highest BCUT2D eigenvalue weighted by Crippen LogP contribution is 2.25. The number of amides is 1. The van der Waals surface area contributed by atoms with Crippen LogP contribution in [0, 0.1) is 5.92 Å². The molecule has 0 aromatic heterocycles. The normalized spacial score (nSPS) is 16.7. The molecule has 1 atom stereocenters. The molecule has 0 bridgehead atoms. The van der Waals surface area contributed by atoms with E-state index >= 15 is 0 Å². The highest BCUT2D eigenvalue weighted by Gasteiger charge is 2.35. The van der Waals surface area contributed by atoms with Crippen molar-refractivity contribution in [3.05, 3.63) is 30.3 Å². The van der Waals surface area contributed by atoms with Gasteiger partial charge in [0.25, 0.3) is 0 Å². The van der Waals surface area contributed by atoms with Crippen molar-refractivity contribution >= 4 is 44.4 Å². The summed E-state index contributed by atoms with van der Waals surface area (Å²) < 4.78 is 0. The molecule has 3 nitrogen and oxygen atoms in total. The summed E-state index contributed by atoms with van der Waals surface area (Å²) in [5, 5.41) is 0. The molecule has 0 saturated carbocycles. The van der Waals surface area contributed by atoms with E-state index in [1.54, 1.807) is 4.90 Å². The van der Waals surface area contributed by atoms with Gasteiger partial charge in [0.05, 0.1) is 5.92 Å². The van der Waals surface area contributed by atoms with Gasteiger partial charge in [0, 0.05) is 12.2 Å². The van der Waals surface area contributed by atoms with E-state index in [2.05, 4.69) is 0 Å². The molecule has 1 aliphatic rings. The summed E-state index contributed by atoms with van der Waals surface area (Å²) in [6.45, 7) is 6.13. The number of Topliss-reactive ketones (excluding diaryl/α,β-unsaturated/α-hetero) is 1. The van der Waals surface area contributed by atoms with E-state index in [1.165, 1.54) is 6.92 Å². The van der Waals surface area contributed by atoms with Gasteiger partial charge in [0.15, 0.2) is 0 Å². The van der Waals surface area contributed by atoms with Crippen LogP contribution in [-0.2, 0) is 9.59 Å². The standard InChI is InChI=1S/C12H13NO2.C2H6.2H2S/c1-9(14)11-7-8-13(12(11)15)10-5-3-2-4-6-10;1-2;;/h2-6,11H,7-8H2,1H3;1-2H3;2*1H2. The Morgan fingerprint density at radius 2 is 1.68 bits per heavy atom. The molecular weight excluding hydrogens is 278 g/mol. The van der Waals surface area contributed by atoms with E-state index in [0.717, 1.165) is 5.69 Å². The lowest BCUT2D eigenvalue weighted by Gasteiger charge is -2.15. The van der Waals surface area contributed by atoms with Crippen molar-refractivity contribution in [2.45, 2.75) is 27.2 Å². The SMILES string of the molecule is CC.CC(=O)C1CCN(c2ccccc2)C1=O.S.S. The van der Waals surface area contributed by atoms with Crippen molar-refractivity contribution in [3.8, 4) is 0 Å². The Morgan fingerprint density at radius 1 is 1.16 bits per heavy atom. The second kappa shape index (κ2) is 9.92. The van der Waals surface area contributed by atoms with Crippen molar-refractivity contribution in [1.82, 2.24) is 0 Å². The summed E-state index contributed by atoms with van der Waals surface area (Å²) in [7, 11) is 0. The average molecular weight is 301 g/mol. The largest absolute Gasteiger partial charge is 0.312 e. The summed E-state index contributed by atoms with van der Waals surface area (Å²) in [6.07, 6.45) is 0.642. The van der Waals surface area contributed by atoms with Crippen LogP contribution in [0.3, 0.4) is 0 Å².